The van der Waals surface area contributed by atoms with E-state index in [1.54, 1.807) is 45.0 Å². The minimum atomic E-state index is -0.921. The summed E-state index contributed by atoms with van der Waals surface area (Å²) in [6, 6.07) is 15.7. The second-order valence-electron chi connectivity index (χ2n) is 7.65. The lowest BCUT2D eigenvalue weighted by Gasteiger charge is -2.23. The highest BCUT2D eigenvalue weighted by atomic mass is 16.6. The predicted octanol–water partition coefficient (Wildman–Crippen LogP) is 4.13. The number of carbonyl (C=O) groups is 2. The molecular formula is C23H30N2O5. The van der Waals surface area contributed by atoms with Crippen LogP contribution in [0.3, 0.4) is 0 Å². The number of ether oxygens (including phenoxy) is 3. The molecule has 1 atom stereocenters. The fourth-order valence-corrected chi connectivity index (χ4v) is 2.53. The Morgan fingerprint density at radius 1 is 1.00 bits per heavy atom. The lowest BCUT2D eigenvalue weighted by molar-refractivity contribution is -0.119. The zero-order chi connectivity index (χ0) is 22.0. The molecule has 2 aromatic rings. The average molecular weight is 415 g/mol. The first-order valence-electron chi connectivity index (χ1n) is 9.91. The van der Waals surface area contributed by atoms with Crippen LogP contribution in [0.4, 0.5) is 10.5 Å². The Kier molecular flexibility index (Phi) is 8.68. The number of amides is 2. The fourth-order valence-electron chi connectivity index (χ4n) is 2.53. The molecule has 0 aliphatic heterocycles. The predicted molar refractivity (Wildman–Crippen MR) is 115 cm³/mol. The summed E-state index contributed by atoms with van der Waals surface area (Å²) in [6.45, 7) is 8.06. The van der Waals surface area contributed by atoms with E-state index in [1.807, 2.05) is 37.3 Å². The van der Waals surface area contributed by atoms with Crippen molar-refractivity contribution in [1.82, 2.24) is 5.32 Å². The van der Waals surface area contributed by atoms with Crippen molar-refractivity contribution in [3.05, 3.63) is 60.2 Å². The van der Waals surface area contributed by atoms with Gasteiger partial charge in [0.25, 0.3) is 0 Å². The van der Waals surface area contributed by atoms with Crippen LogP contribution in [0.2, 0.25) is 0 Å². The highest BCUT2D eigenvalue weighted by Gasteiger charge is 2.25. The van der Waals surface area contributed by atoms with Gasteiger partial charge in [-0.15, -0.1) is 0 Å². The van der Waals surface area contributed by atoms with Crippen LogP contribution in [0.5, 0.6) is 5.75 Å². The molecule has 0 aromatic heterocycles. The van der Waals surface area contributed by atoms with E-state index in [0.29, 0.717) is 24.7 Å². The van der Waals surface area contributed by atoms with Crippen molar-refractivity contribution in [3.63, 3.8) is 0 Å². The molecule has 0 aliphatic rings. The average Bonchev–Trinajstić information content (AvgIpc) is 2.68. The van der Waals surface area contributed by atoms with Gasteiger partial charge in [0.2, 0.25) is 5.91 Å². The monoisotopic (exact) mass is 414 g/mol. The Labute approximate surface area is 177 Å². The molecule has 0 fully saturated rings. The topological polar surface area (TPSA) is 85.9 Å². The lowest BCUT2D eigenvalue weighted by atomic mass is 10.2. The van der Waals surface area contributed by atoms with Gasteiger partial charge < -0.3 is 24.8 Å². The van der Waals surface area contributed by atoms with Crippen LogP contribution < -0.4 is 15.4 Å². The number of alkyl carbamates (subject to hydrolysis) is 1. The van der Waals surface area contributed by atoms with Crippen LogP contribution in [0.15, 0.2) is 54.6 Å². The van der Waals surface area contributed by atoms with Crippen molar-refractivity contribution in [1.29, 1.82) is 0 Å². The summed E-state index contributed by atoms with van der Waals surface area (Å²) in [5.74, 6) is 0.309. The van der Waals surface area contributed by atoms with Gasteiger partial charge in [-0.05, 0) is 57.5 Å². The maximum atomic E-state index is 12.8. The van der Waals surface area contributed by atoms with Crippen molar-refractivity contribution >= 4 is 17.7 Å². The SMILES string of the molecule is CCOc1ccc(NC(=O)C(COCc2ccccc2)NC(=O)OC(C)(C)C)cc1. The molecule has 7 nitrogen and oxygen atoms in total. The molecular weight excluding hydrogens is 384 g/mol. The third-order valence-corrected chi connectivity index (χ3v) is 3.84. The van der Waals surface area contributed by atoms with E-state index in [4.69, 9.17) is 14.2 Å². The molecule has 2 amide bonds. The van der Waals surface area contributed by atoms with E-state index in [2.05, 4.69) is 10.6 Å². The minimum absolute atomic E-state index is 0.00298. The number of nitrogens with one attached hydrogen (secondary N) is 2. The Balaban J connectivity index is 2.00. The molecule has 162 valence electrons. The summed E-state index contributed by atoms with van der Waals surface area (Å²) in [4.78, 5) is 25.0. The second-order valence-corrected chi connectivity index (χ2v) is 7.65. The maximum absolute atomic E-state index is 12.8. The summed E-state index contributed by atoms with van der Waals surface area (Å²) in [7, 11) is 0. The van der Waals surface area contributed by atoms with Gasteiger partial charge in [-0.1, -0.05) is 30.3 Å². The van der Waals surface area contributed by atoms with Crippen molar-refractivity contribution < 1.29 is 23.8 Å². The molecule has 0 bridgehead atoms. The number of carbonyl (C=O) groups excluding carboxylic acids is 2. The standard InChI is InChI=1S/C23H30N2O5/c1-5-29-19-13-11-18(12-14-19)24-21(26)20(25-22(27)30-23(2,3)4)16-28-15-17-9-7-6-8-10-17/h6-14,20H,5,15-16H2,1-4H3,(H,24,26)(H,25,27). The molecule has 0 aliphatic carbocycles. The quantitative estimate of drug-likeness (QED) is 0.644. The largest absolute Gasteiger partial charge is 0.494 e. The smallest absolute Gasteiger partial charge is 0.408 e. The van der Waals surface area contributed by atoms with Crippen LogP contribution in [0, 0.1) is 0 Å². The highest BCUT2D eigenvalue weighted by Crippen LogP contribution is 2.16. The Morgan fingerprint density at radius 2 is 1.67 bits per heavy atom. The van der Waals surface area contributed by atoms with E-state index < -0.39 is 23.6 Å². The molecule has 0 saturated heterocycles. The van der Waals surface area contributed by atoms with Gasteiger partial charge in [0.05, 0.1) is 19.8 Å². The summed E-state index contributed by atoms with van der Waals surface area (Å²) < 4.78 is 16.3. The van der Waals surface area contributed by atoms with Gasteiger partial charge in [-0.25, -0.2) is 4.79 Å². The van der Waals surface area contributed by atoms with E-state index in [9.17, 15) is 9.59 Å². The molecule has 0 radical (unpaired) electrons. The van der Waals surface area contributed by atoms with Crippen molar-refractivity contribution in [3.8, 4) is 5.75 Å². The molecule has 2 rings (SSSR count). The molecule has 2 N–H and O–H groups in total. The third kappa shape index (κ3) is 8.53. The lowest BCUT2D eigenvalue weighted by Crippen LogP contribution is -2.48. The van der Waals surface area contributed by atoms with Gasteiger partial charge in [0.15, 0.2) is 0 Å². The zero-order valence-corrected chi connectivity index (χ0v) is 17.9. The number of anilines is 1. The Bertz CT molecular complexity index is 801. The van der Waals surface area contributed by atoms with E-state index >= 15 is 0 Å². The van der Waals surface area contributed by atoms with Crippen LogP contribution in [-0.2, 0) is 20.9 Å². The number of benzene rings is 2. The van der Waals surface area contributed by atoms with E-state index in [1.165, 1.54) is 0 Å². The molecule has 0 saturated carbocycles. The van der Waals surface area contributed by atoms with Crippen LogP contribution in [-0.4, -0.2) is 36.9 Å². The molecule has 0 spiro atoms. The second kappa shape index (κ2) is 11.2. The minimum Gasteiger partial charge on any atom is -0.494 e. The van der Waals surface area contributed by atoms with Crippen molar-refractivity contribution in [2.75, 3.05) is 18.5 Å². The number of rotatable bonds is 9. The fraction of sp³-hybridized carbons (Fsp3) is 0.391. The van der Waals surface area contributed by atoms with Gasteiger partial charge in [-0.2, -0.15) is 0 Å². The third-order valence-electron chi connectivity index (χ3n) is 3.84. The summed E-state index contributed by atoms with van der Waals surface area (Å²) >= 11 is 0. The highest BCUT2D eigenvalue weighted by molar-refractivity contribution is 5.96. The van der Waals surface area contributed by atoms with Gasteiger partial charge >= 0.3 is 6.09 Å². The normalized spacial score (nSPS) is 12.0. The number of hydrogen-bond acceptors (Lipinski definition) is 5. The Morgan fingerprint density at radius 3 is 2.27 bits per heavy atom. The molecule has 1 unspecified atom stereocenters. The van der Waals surface area contributed by atoms with E-state index in [-0.39, 0.29) is 6.61 Å². The molecule has 30 heavy (non-hydrogen) atoms. The van der Waals surface area contributed by atoms with Crippen molar-refractivity contribution in [2.24, 2.45) is 0 Å². The van der Waals surface area contributed by atoms with Gasteiger partial charge in [-0.3, -0.25) is 4.79 Å². The first-order valence-corrected chi connectivity index (χ1v) is 9.91. The molecule has 7 heteroatoms. The van der Waals surface area contributed by atoms with Crippen LogP contribution in [0.1, 0.15) is 33.3 Å². The zero-order valence-electron chi connectivity index (χ0n) is 17.9. The Hall–Kier alpha value is -3.06. The summed E-state index contributed by atoms with van der Waals surface area (Å²) in [5, 5.41) is 5.37. The van der Waals surface area contributed by atoms with E-state index in [0.717, 1.165) is 5.56 Å². The van der Waals surface area contributed by atoms with Gasteiger partial charge in [0, 0.05) is 5.69 Å². The van der Waals surface area contributed by atoms with Crippen LogP contribution in [0.25, 0.3) is 0 Å². The maximum Gasteiger partial charge on any atom is 0.408 e. The first kappa shape index (κ1) is 23.2. The molecule has 0 heterocycles. The molecule has 2 aromatic carbocycles. The first-order chi connectivity index (χ1) is 14.3. The van der Waals surface area contributed by atoms with Crippen LogP contribution >= 0.6 is 0 Å². The summed E-state index contributed by atoms with van der Waals surface area (Å²) in [5.41, 5.74) is 0.883. The number of hydrogen-bond donors (Lipinski definition) is 2. The van der Waals surface area contributed by atoms with Gasteiger partial charge in [0.1, 0.15) is 17.4 Å². The van der Waals surface area contributed by atoms with Crippen molar-refractivity contribution in [2.45, 2.75) is 45.9 Å². The summed E-state index contributed by atoms with van der Waals surface area (Å²) in [6.07, 6.45) is -0.683.